The molecular formula is C16H21NO4. The molecule has 0 aliphatic rings. The molecule has 0 bridgehead atoms. The summed E-state index contributed by atoms with van der Waals surface area (Å²) in [6, 6.07) is 8.76. The van der Waals surface area contributed by atoms with Crippen LogP contribution in [0.3, 0.4) is 0 Å². The molecule has 1 unspecified atom stereocenters. The molecule has 1 rings (SSSR count). The van der Waals surface area contributed by atoms with E-state index in [0.29, 0.717) is 6.61 Å². The minimum Gasteiger partial charge on any atom is -0.480 e. The second-order valence-electron chi connectivity index (χ2n) is 4.55. The summed E-state index contributed by atoms with van der Waals surface area (Å²) in [5, 5.41) is 11.5. The van der Waals surface area contributed by atoms with Gasteiger partial charge in [-0.25, -0.2) is 4.79 Å². The summed E-state index contributed by atoms with van der Waals surface area (Å²) in [7, 11) is 0. The molecule has 0 spiro atoms. The zero-order valence-corrected chi connectivity index (χ0v) is 12.1. The fourth-order valence-corrected chi connectivity index (χ4v) is 1.69. The van der Waals surface area contributed by atoms with Gasteiger partial charge < -0.3 is 15.2 Å². The summed E-state index contributed by atoms with van der Waals surface area (Å²) in [5.41, 5.74) is 1.04. The normalized spacial score (nSPS) is 12.2. The van der Waals surface area contributed by atoms with Crippen LogP contribution in [0.4, 0.5) is 0 Å². The van der Waals surface area contributed by atoms with Gasteiger partial charge in [0, 0.05) is 6.42 Å². The van der Waals surface area contributed by atoms with Gasteiger partial charge in [-0.3, -0.25) is 4.79 Å². The molecule has 0 fully saturated rings. The Morgan fingerprint density at radius 3 is 2.67 bits per heavy atom. The van der Waals surface area contributed by atoms with Crippen LogP contribution in [-0.4, -0.2) is 29.6 Å². The lowest BCUT2D eigenvalue weighted by molar-refractivity contribution is -0.141. The molecule has 0 aliphatic heterocycles. The van der Waals surface area contributed by atoms with E-state index < -0.39 is 12.0 Å². The van der Waals surface area contributed by atoms with Gasteiger partial charge in [-0.05, 0) is 18.9 Å². The molecule has 1 amide bonds. The van der Waals surface area contributed by atoms with E-state index in [0.717, 1.165) is 5.56 Å². The number of carbonyl (C=O) groups excluding carboxylic acids is 1. The average molecular weight is 291 g/mol. The van der Waals surface area contributed by atoms with Gasteiger partial charge in [0.25, 0.3) is 0 Å². The standard InChI is InChI=1S/C16H21NO4/c1-2-3-9-14(16(19)20)17-15(18)10-11-21-12-13-7-5-4-6-8-13/h2-8,14H,9-12H2,1H3,(H,17,18)(H,19,20)/b3-2+. The van der Waals surface area contributed by atoms with Gasteiger partial charge in [0.15, 0.2) is 0 Å². The smallest absolute Gasteiger partial charge is 0.326 e. The van der Waals surface area contributed by atoms with Crippen molar-refractivity contribution in [3.05, 3.63) is 48.0 Å². The Morgan fingerprint density at radius 2 is 2.05 bits per heavy atom. The number of hydrogen-bond acceptors (Lipinski definition) is 3. The zero-order valence-electron chi connectivity index (χ0n) is 12.1. The van der Waals surface area contributed by atoms with Crippen LogP contribution in [-0.2, 0) is 20.9 Å². The molecule has 1 atom stereocenters. The molecular weight excluding hydrogens is 270 g/mol. The lowest BCUT2D eigenvalue weighted by Crippen LogP contribution is -2.40. The predicted octanol–water partition coefficient (Wildman–Crippen LogP) is 2.13. The molecule has 21 heavy (non-hydrogen) atoms. The van der Waals surface area contributed by atoms with Crippen molar-refractivity contribution in [2.45, 2.75) is 32.4 Å². The summed E-state index contributed by atoms with van der Waals surface area (Å²) in [6.45, 7) is 2.50. The minimum absolute atomic E-state index is 0.145. The minimum atomic E-state index is -1.04. The van der Waals surface area contributed by atoms with Gasteiger partial charge in [-0.2, -0.15) is 0 Å². The second-order valence-corrected chi connectivity index (χ2v) is 4.55. The first kappa shape index (κ1) is 16.9. The first-order chi connectivity index (χ1) is 10.1. The van der Waals surface area contributed by atoms with E-state index in [1.54, 1.807) is 19.1 Å². The number of aliphatic carboxylic acids is 1. The molecule has 5 heteroatoms. The van der Waals surface area contributed by atoms with Crippen LogP contribution in [0.25, 0.3) is 0 Å². The van der Waals surface area contributed by atoms with E-state index in [2.05, 4.69) is 5.32 Å². The Balaban J connectivity index is 2.25. The van der Waals surface area contributed by atoms with Crippen molar-refractivity contribution in [1.82, 2.24) is 5.32 Å². The summed E-state index contributed by atoms with van der Waals surface area (Å²) >= 11 is 0. The Labute approximate surface area is 124 Å². The summed E-state index contributed by atoms with van der Waals surface area (Å²) in [6.07, 6.45) is 3.89. The van der Waals surface area contributed by atoms with Crippen molar-refractivity contribution in [2.75, 3.05) is 6.61 Å². The third-order valence-electron chi connectivity index (χ3n) is 2.83. The maximum absolute atomic E-state index is 11.7. The highest BCUT2D eigenvalue weighted by molar-refractivity contribution is 5.83. The SMILES string of the molecule is C/C=C/CC(NC(=O)CCOCc1ccccc1)C(=O)O. The van der Waals surface area contributed by atoms with E-state index in [4.69, 9.17) is 9.84 Å². The van der Waals surface area contributed by atoms with E-state index in [1.165, 1.54) is 0 Å². The Hall–Kier alpha value is -2.14. The lowest BCUT2D eigenvalue weighted by Gasteiger charge is -2.12. The lowest BCUT2D eigenvalue weighted by atomic mass is 10.2. The molecule has 1 aromatic rings. The fraction of sp³-hybridized carbons (Fsp3) is 0.375. The van der Waals surface area contributed by atoms with Gasteiger partial charge in [-0.1, -0.05) is 42.5 Å². The molecule has 1 aromatic carbocycles. The number of hydrogen-bond donors (Lipinski definition) is 2. The number of amides is 1. The monoisotopic (exact) mass is 291 g/mol. The molecule has 5 nitrogen and oxygen atoms in total. The highest BCUT2D eigenvalue weighted by Crippen LogP contribution is 2.01. The van der Waals surface area contributed by atoms with Crippen LogP contribution >= 0.6 is 0 Å². The van der Waals surface area contributed by atoms with Crippen LogP contribution in [0.5, 0.6) is 0 Å². The van der Waals surface area contributed by atoms with Crippen molar-refractivity contribution in [3.63, 3.8) is 0 Å². The van der Waals surface area contributed by atoms with E-state index in [-0.39, 0.29) is 25.4 Å². The topological polar surface area (TPSA) is 75.6 Å². The van der Waals surface area contributed by atoms with Gasteiger partial charge in [0.05, 0.1) is 13.2 Å². The van der Waals surface area contributed by atoms with Crippen LogP contribution < -0.4 is 5.32 Å². The highest BCUT2D eigenvalue weighted by Gasteiger charge is 2.17. The fourth-order valence-electron chi connectivity index (χ4n) is 1.69. The summed E-state index contributed by atoms with van der Waals surface area (Å²) in [4.78, 5) is 22.6. The number of nitrogens with one attached hydrogen (secondary N) is 1. The molecule has 0 saturated heterocycles. The second kappa shape index (κ2) is 9.72. The first-order valence-corrected chi connectivity index (χ1v) is 6.88. The average Bonchev–Trinajstić information content (AvgIpc) is 2.48. The molecule has 0 aliphatic carbocycles. The zero-order chi connectivity index (χ0) is 15.5. The van der Waals surface area contributed by atoms with Crippen molar-refractivity contribution >= 4 is 11.9 Å². The maximum atomic E-state index is 11.7. The van der Waals surface area contributed by atoms with E-state index >= 15 is 0 Å². The largest absolute Gasteiger partial charge is 0.480 e. The number of carboxylic acids is 1. The number of rotatable bonds is 9. The van der Waals surface area contributed by atoms with Crippen LogP contribution in [0.2, 0.25) is 0 Å². The summed E-state index contributed by atoms with van der Waals surface area (Å²) < 4.78 is 5.39. The quantitative estimate of drug-likeness (QED) is 0.540. The van der Waals surface area contributed by atoms with Gasteiger partial charge in [0.2, 0.25) is 5.91 Å². The molecule has 0 saturated carbocycles. The highest BCUT2D eigenvalue weighted by atomic mass is 16.5. The maximum Gasteiger partial charge on any atom is 0.326 e. The molecule has 114 valence electrons. The van der Waals surface area contributed by atoms with Crippen LogP contribution in [0.15, 0.2) is 42.5 Å². The van der Waals surface area contributed by atoms with E-state index in [1.807, 2.05) is 30.3 Å². The number of benzene rings is 1. The first-order valence-electron chi connectivity index (χ1n) is 6.88. The predicted molar refractivity (Wildman–Crippen MR) is 79.7 cm³/mol. The Kier molecular flexibility index (Phi) is 7.82. The Morgan fingerprint density at radius 1 is 1.33 bits per heavy atom. The Bertz CT molecular complexity index is 470. The third-order valence-corrected chi connectivity index (χ3v) is 2.83. The number of carbonyl (C=O) groups is 2. The molecule has 0 aromatic heterocycles. The van der Waals surface area contributed by atoms with Crippen molar-refractivity contribution < 1.29 is 19.4 Å². The third kappa shape index (κ3) is 7.27. The van der Waals surface area contributed by atoms with E-state index in [9.17, 15) is 9.59 Å². The number of ether oxygens (including phenoxy) is 1. The molecule has 0 radical (unpaired) electrons. The molecule has 0 heterocycles. The molecule has 2 N–H and O–H groups in total. The van der Waals surface area contributed by atoms with Gasteiger partial charge in [-0.15, -0.1) is 0 Å². The van der Waals surface area contributed by atoms with Gasteiger partial charge in [0.1, 0.15) is 6.04 Å². The van der Waals surface area contributed by atoms with Crippen LogP contribution in [0.1, 0.15) is 25.3 Å². The number of carboxylic acid groups (broad SMARTS) is 1. The van der Waals surface area contributed by atoms with Crippen molar-refractivity contribution in [1.29, 1.82) is 0 Å². The van der Waals surface area contributed by atoms with Crippen LogP contribution in [0, 0.1) is 0 Å². The summed E-state index contributed by atoms with van der Waals surface area (Å²) in [5.74, 6) is -1.35. The van der Waals surface area contributed by atoms with Gasteiger partial charge >= 0.3 is 5.97 Å². The van der Waals surface area contributed by atoms with Crippen molar-refractivity contribution in [2.24, 2.45) is 0 Å². The number of allylic oxidation sites excluding steroid dienone is 1. The van der Waals surface area contributed by atoms with Crippen molar-refractivity contribution in [3.8, 4) is 0 Å².